The fourth-order valence-electron chi connectivity index (χ4n) is 7.55. The molecule has 3 nitrogen and oxygen atoms in total. The summed E-state index contributed by atoms with van der Waals surface area (Å²) in [5.41, 5.74) is 1.74. The second-order valence-electron chi connectivity index (χ2n) is 10.2. The molecule has 4 bridgehead atoms. The lowest BCUT2D eigenvalue weighted by atomic mass is 9.63. The summed E-state index contributed by atoms with van der Waals surface area (Å²) < 4.78 is 0. The van der Waals surface area contributed by atoms with Crippen LogP contribution in [0.4, 0.5) is 0 Å². The average Bonchev–Trinajstić information content (AvgIpc) is 2.93. The van der Waals surface area contributed by atoms with E-state index in [2.05, 4.69) is 54.8 Å². The summed E-state index contributed by atoms with van der Waals surface area (Å²) >= 11 is 0. The molecule has 5 fully saturated rings. The normalized spacial score (nSPS) is 46.5. The maximum Gasteiger partial charge on any atom is 0.227 e. The molecule has 2 N–H and O–H groups in total. The topological polar surface area (TPSA) is 41.1 Å². The highest BCUT2D eigenvalue weighted by Gasteiger charge is 2.72. The van der Waals surface area contributed by atoms with Gasteiger partial charge in [0.2, 0.25) is 5.91 Å². The third-order valence-corrected chi connectivity index (χ3v) is 8.36. The number of amides is 1. The molecule has 1 amide bonds. The molecule has 6 atom stereocenters. The van der Waals surface area contributed by atoms with Crippen molar-refractivity contribution < 1.29 is 4.79 Å². The molecule has 1 aromatic rings. The highest BCUT2D eigenvalue weighted by Crippen LogP contribution is 2.76. The Morgan fingerprint density at radius 3 is 2.73 bits per heavy atom. The largest absolute Gasteiger partial charge is 0.353 e. The van der Waals surface area contributed by atoms with Crippen molar-refractivity contribution in [3.8, 4) is 0 Å². The second kappa shape index (κ2) is 5.58. The van der Waals surface area contributed by atoms with E-state index < -0.39 is 0 Å². The van der Waals surface area contributed by atoms with Crippen LogP contribution in [0.15, 0.2) is 30.3 Å². The highest BCUT2D eigenvalue weighted by atomic mass is 16.2. The molecule has 6 rings (SSSR count). The van der Waals surface area contributed by atoms with Crippen molar-refractivity contribution in [2.75, 3.05) is 6.54 Å². The minimum Gasteiger partial charge on any atom is -0.353 e. The number of carbonyl (C=O) groups is 1. The van der Waals surface area contributed by atoms with Crippen LogP contribution in [-0.2, 0) is 10.2 Å². The van der Waals surface area contributed by atoms with E-state index in [1.807, 2.05) is 0 Å². The third-order valence-electron chi connectivity index (χ3n) is 8.36. The lowest BCUT2D eigenvalue weighted by molar-refractivity contribution is -0.136. The van der Waals surface area contributed by atoms with E-state index in [1.165, 1.54) is 24.8 Å². The van der Waals surface area contributed by atoms with Gasteiger partial charge < -0.3 is 10.6 Å². The Morgan fingerprint density at radius 2 is 1.96 bits per heavy atom. The molecule has 1 heterocycles. The molecule has 1 aromatic carbocycles. The number of nitrogens with one attached hydrogen (secondary N) is 2. The number of benzene rings is 1. The van der Waals surface area contributed by atoms with Gasteiger partial charge in [0.25, 0.3) is 0 Å². The number of piperidine rings is 1. The van der Waals surface area contributed by atoms with Crippen molar-refractivity contribution in [3.63, 3.8) is 0 Å². The van der Waals surface area contributed by atoms with Gasteiger partial charge in [-0.15, -0.1) is 0 Å². The molecule has 5 aliphatic rings. The number of rotatable bonds is 3. The number of carbonyl (C=O) groups excluding carboxylic acids is 1. The predicted octanol–water partition coefficient (Wildman–Crippen LogP) is 3.78. The lowest BCUT2D eigenvalue weighted by Crippen LogP contribution is -2.53. The van der Waals surface area contributed by atoms with Crippen molar-refractivity contribution in [1.82, 2.24) is 10.6 Å². The van der Waals surface area contributed by atoms with Crippen LogP contribution in [-0.4, -0.2) is 24.5 Å². The first kappa shape index (κ1) is 16.8. The summed E-state index contributed by atoms with van der Waals surface area (Å²) in [6.45, 7) is 5.67. The van der Waals surface area contributed by atoms with Crippen LogP contribution >= 0.6 is 0 Å². The van der Waals surface area contributed by atoms with Crippen LogP contribution in [0.3, 0.4) is 0 Å². The molecule has 0 spiro atoms. The fourth-order valence-corrected chi connectivity index (χ4v) is 7.55. The first-order valence-electron chi connectivity index (χ1n) is 10.5. The van der Waals surface area contributed by atoms with Gasteiger partial charge in [0.15, 0.2) is 0 Å². The van der Waals surface area contributed by atoms with E-state index in [4.69, 9.17) is 0 Å². The van der Waals surface area contributed by atoms with Gasteiger partial charge >= 0.3 is 0 Å². The third kappa shape index (κ3) is 2.25. The molecule has 0 radical (unpaired) electrons. The van der Waals surface area contributed by atoms with Crippen molar-refractivity contribution in [2.24, 2.45) is 16.7 Å². The van der Waals surface area contributed by atoms with Crippen molar-refractivity contribution in [1.29, 1.82) is 0 Å². The van der Waals surface area contributed by atoms with Gasteiger partial charge in [-0.2, -0.15) is 0 Å². The summed E-state index contributed by atoms with van der Waals surface area (Å²) in [5.74, 6) is 1.10. The SMILES string of the molecule is C[C@H]1C[C@@H](NC(=O)C23CC4CC(c5ccccc5)(CC2(C)C4)C3)CCN1. The van der Waals surface area contributed by atoms with Gasteiger partial charge in [0, 0.05) is 12.1 Å². The van der Waals surface area contributed by atoms with E-state index in [1.54, 1.807) is 0 Å². The molecule has 4 aliphatic carbocycles. The molecule has 3 heteroatoms. The smallest absolute Gasteiger partial charge is 0.227 e. The van der Waals surface area contributed by atoms with Crippen LogP contribution in [0.2, 0.25) is 0 Å². The van der Waals surface area contributed by atoms with Crippen LogP contribution in [0.5, 0.6) is 0 Å². The van der Waals surface area contributed by atoms with Crippen molar-refractivity contribution >= 4 is 5.91 Å². The van der Waals surface area contributed by atoms with Gasteiger partial charge in [-0.1, -0.05) is 37.3 Å². The minimum absolute atomic E-state index is 0.139. The zero-order valence-electron chi connectivity index (χ0n) is 16.2. The molecule has 26 heavy (non-hydrogen) atoms. The Morgan fingerprint density at radius 1 is 1.15 bits per heavy atom. The Kier molecular flexibility index (Phi) is 3.60. The first-order valence-corrected chi connectivity index (χ1v) is 10.5. The van der Waals surface area contributed by atoms with Crippen LogP contribution in [0.1, 0.15) is 64.4 Å². The summed E-state index contributed by atoms with van der Waals surface area (Å²) in [5, 5.41) is 7.01. The molecule has 0 aromatic heterocycles. The summed E-state index contributed by atoms with van der Waals surface area (Å²) in [6.07, 6.45) is 8.02. The molecule has 1 aliphatic heterocycles. The summed E-state index contributed by atoms with van der Waals surface area (Å²) in [6, 6.07) is 11.9. The summed E-state index contributed by atoms with van der Waals surface area (Å²) in [4.78, 5) is 13.6. The number of hydrogen-bond acceptors (Lipinski definition) is 2. The molecule has 4 saturated carbocycles. The van der Waals surface area contributed by atoms with Crippen LogP contribution < -0.4 is 10.6 Å². The molecule has 4 unspecified atom stereocenters. The summed E-state index contributed by atoms with van der Waals surface area (Å²) in [7, 11) is 0. The van der Waals surface area contributed by atoms with Gasteiger partial charge in [-0.05, 0) is 80.7 Å². The van der Waals surface area contributed by atoms with E-state index in [-0.39, 0.29) is 16.2 Å². The Labute approximate surface area is 157 Å². The fraction of sp³-hybridized carbons (Fsp3) is 0.696. The Bertz CT molecular complexity index is 718. The van der Waals surface area contributed by atoms with Crippen LogP contribution in [0, 0.1) is 16.7 Å². The average molecular weight is 353 g/mol. The minimum atomic E-state index is -0.139. The number of hydrogen-bond donors (Lipinski definition) is 2. The van der Waals surface area contributed by atoms with Gasteiger partial charge in [-0.3, -0.25) is 4.79 Å². The quantitative estimate of drug-likeness (QED) is 0.869. The molecule has 140 valence electrons. The van der Waals surface area contributed by atoms with E-state index in [0.717, 1.165) is 38.1 Å². The predicted molar refractivity (Wildman–Crippen MR) is 104 cm³/mol. The Hall–Kier alpha value is -1.35. The van der Waals surface area contributed by atoms with Crippen LogP contribution in [0.25, 0.3) is 0 Å². The van der Waals surface area contributed by atoms with E-state index >= 15 is 0 Å². The second-order valence-corrected chi connectivity index (χ2v) is 10.2. The first-order chi connectivity index (χ1) is 12.4. The van der Waals surface area contributed by atoms with Gasteiger partial charge in [0.1, 0.15) is 0 Å². The zero-order valence-corrected chi connectivity index (χ0v) is 16.2. The maximum atomic E-state index is 13.6. The lowest BCUT2D eigenvalue weighted by Gasteiger charge is -2.41. The molecule has 1 saturated heterocycles. The molecular weight excluding hydrogens is 320 g/mol. The Balaban J connectivity index is 1.44. The molecular formula is C23H32N2O. The monoisotopic (exact) mass is 352 g/mol. The van der Waals surface area contributed by atoms with Crippen molar-refractivity contribution in [2.45, 2.75) is 76.3 Å². The van der Waals surface area contributed by atoms with Gasteiger partial charge in [0.05, 0.1) is 5.41 Å². The van der Waals surface area contributed by atoms with E-state index in [0.29, 0.717) is 18.0 Å². The standard InChI is InChI=1S/C23H32N2O/c1-16-10-19(8-9-24-16)25-20(26)23-13-17-11-21(23,2)14-22(12-17,15-23)18-6-4-3-5-7-18/h3-7,16-17,19,24H,8-15H2,1-2H3,(H,25,26)/t16-,17?,19-,21?,22?,23?/m0/s1. The highest BCUT2D eigenvalue weighted by molar-refractivity contribution is 5.85. The van der Waals surface area contributed by atoms with Crippen molar-refractivity contribution in [3.05, 3.63) is 35.9 Å². The maximum absolute atomic E-state index is 13.6. The zero-order chi connectivity index (χ0) is 18.0. The van der Waals surface area contributed by atoms with Gasteiger partial charge in [-0.25, -0.2) is 0 Å². The van der Waals surface area contributed by atoms with E-state index in [9.17, 15) is 4.79 Å².